The van der Waals surface area contributed by atoms with Crippen LogP contribution in [0.25, 0.3) is 5.65 Å². The van der Waals surface area contributed by atoms with Gasteiger partial charge >= 0.3 is 0 Å². The highest BCUT2D eigenvalue weighted by Crippen LogP contribution is 2.38. The number of hydrogen-bond donors (Lipinski definition) is 1. The van der Waals surface area contributed by atoms with Crippen LogP contribution in [0.5, 0.6) is 0 Å². The van der Waals surface area contributed by atoms with E-state index in [9.17, 15) is 0 Å². The topological polar surface area (TPSA) is 56.2 Å². The Balaban J connectivity index is 2.07. The first-order chi connectivity index (χ1) is 8.29. The van der Waals surface area contributed by atoms with Crippen LogP contribution >= 0.6 is 15.9 Å². The van der Waals surface area contributed by atoms with E-state index in [1.165, 1.54) is 19.3 Å². The number of aromatic nitrogens is 3. The van der Waals surface area contributed by atoms with Crippen molar-refractivity contribution >= 4 is 21.6 Å². The van der Waals surface area contributed by atoms with Crippen molar-refractivity contribution in [3.63, 3.8) is 0 Å². The van der Waals surface area contributed by atoms with Crippen LogP contribution < -0.4 is 5.73 Å². The zero-order valence-electron chi connectivity index (χ0n) is 9.51. The van der Waals surface area contributed by atoms with Gasteiger partial charge in [0.25, 0.3) is 0 Å². The summed E-state index contributed by atoms with van der Waals surface area (Å²) in [6, 6.07) is 3.97. The molecule has 1 fully saturated rings. The zero-order valence-corrected chi connectivity index (χ0v) is 11.1. The lowest BCUT2D eigenvalue weighted by Crippen LogP contribution is -2.18. The molecule has 0 aromatic carbocycles. The van der Waals surface area contributed by atoms with Gasteiger partial charge in [-0.25, -0.2) is 0 Å². The van der Waals surface area contributed by atoms with E-state index in [1.807, 2.05) is 18.3 Å². The molecule has 17 heavy (non-hydrogen) atoms. The molecule has 0 bridgehead atoms. The van der Waals surface area contributed by atoms with E-state index in [0.717, 1.165) is 22.5 Å². The Morgan fingerprint density at radius 2 is 2.24 bits per heavy atom. The summed E-state index contributed by atoms with van der Waals surface area (Å²) >= 11 is 3.49. The molecule has 2 N–H and O–H groups in total. The standard InChI is InChI=1S/C12H15BrN4/c13-9-4-5-11-15-16-12(17(11)7-9)10-3-1-2-8(10)6-14/h4-5,7-8,10H,1-3,6,14H2. The predicted octanol–water partition coefficient (Wildman–Crippen LogP) is 2.33. The van der Waals surface area contributed by atoms with E-state index in [0.29, 0.717) is 11.8 Å². The Hall–Kier alpha value is -0.940. The van der Waals surface area contributed by atoms with Gasteiger partial charge in [-0.05, 0) is 53.4 Å². The molecule has 0 aliphatic heterocycles. The van der Waals surface area contributed by atoms with Crippen molar-refractivity contribution < 1.29 is 0 Å². The van der Waals surface area contributed by atoms with Gasteiger partial charge in [0, 0.05) is 16.6 Å². The second-order valence-electron chi connectivity index (χ2n) is 4.67. The first kappa shape index (κ1) is 11.2. The summed E-state index contributed by atoms with van der Waals surface area (Å²) in [5, 5.41) is 8.58. The molecule has 0 spiro atoms. The number of rotatable bonds is 2. The van der Waals surface area contributed by atoms with Gasteiger partial charge < -0.3 is 5.73 Å². The molecule has 2 atom stereocenters. The molecule has 0 saturated heterocycles. The molecule has 2 heterocycles. The minimum Gasteiger partial charge on any atom is -0.330 e. The average Bonchev–Trinajstić information content (AvgIpc) is 2.93. The predicted molar refractivity (Wildman–Crippen MR) is 69.8 cm³/mol. The highest BCUT2D eigenvalue weighted by Gasteiger charge is 2.30. The van der Waals surface area contributed by atoms with Crippen LogP contribution in [0.2, 0.25) is 0 Å². The lowest BCUT2D eigenvalue weighted by atomic mass is 9.95. The molecular formula is C12H15BrN4. The van der Waals surface area contributed by atoms with Crippen LogP contribution in [-0.2, 0) is 0 Å². The minimum absolute atomic E-state index is 0.462. The van der Waals surface area contributed by atoms with Crippen molar-refractivity contribution in [2.75, 3.05) is 6.54 Å². The summed E-state index contributed by atoms with van der Waals surface area (Å²) in [6.07, 6.45) is 5.67. The number of nitrogens with two attached hydrogens (primary N) is 1. The van der Waals surface area contributed by atoms with Crippen LogP contribution in [0.1, 0.15) is 31.0 Å². The Morgan fingerprint density at radius 3 is 3.06 bits per heavy atom. The second-order valence-corrected chi connectivity index (χ2v) is 5.58. The fourth-order valence-electron chi connectivity index (χ4n) is 2.79. The maximum atomic E-state index is 5.84. The molecule has 0 amide bonds. The minimum atomic E-state index is 0.462. The van der Waals surface area contributed by atoms with Gasteiger partial charge in [0.1, 0.15) is 5.82 Å². The zero-order chi connectivity index (χ0) is 11.8. The van der Waals surface area contributed by atoms with E-state index in [1.54, 1.807) is 0 Å². The number of fused-ring (bicyclic) bond motifs is 1. The van der Waals surface area contributed by atoms with Gasteiger partial charge in [-0.15, -0.1) is 10.2 Å². The quantitative estimate of drug-likeness (QED) is 0.925. The molecule has 2 aromatic heterocycles. The average molecular weight is 295 g/mol. The molecule has 2 unspecified atom stereocenters. The van der Waals surface area contributed by atoms with E-state index in [-0.39, 0.29) is 0 Å². The molecule has 1 saturated carbocycles. The molecule has 1 aliphatic carbocycles. The maximum absolute atomic E-state index is 5.84. The Morgan fingerprint density at radius 1 is 1.35 bits per heavy atom. The molecule has 0 radical (unpaired) electrons. The van der Waals surface area contributed by atoms with E-state index in [4.69, 9.17) is 5.73 Å². The summed E-state index contributed by atoms with van der Waals surface area (Å²) in [4.78, 5) is 0. The molecule has 3 rings (SSSR count). The van der Waals surface area contributed by atoms with Gasteiger partial charge in [-0.3, -0.25) is 4.40 Å². The fourth-order valence-corrected chi connectivity index (χ4v) is 3.13. The SMILES string of the molecule is NCC1CCCC1c1nnc2ccc(Br)cn12. The van der Waals surface area contributed by atoms with Crippen LogP contribution in [0.15, 0.2) is 22.8 Å². The highest BCUT2D eigenvalue weighted by molar-refractivity contribution is 9.10. The van der Waals surface area contributed by atoms with Crippen molar-refractivity contribution in [2.24, 2.45) is 11.7 Å². The van der Waals surface area contributed by atoms with Crippen LogP contribution in [-0.4, -0.2) is 21.1 Å². The summed E-state index contributed by atoms with van der Waals surface area (Å²) in [6.45, 7) is 0.744. The summed E-state index contributed by atoms with van der Waals surface area (Å²) in [5.41, 5.74) is 6.75. The van der Waals surface area contributed by atoms with Crippen molar-refractivity contribution in [3.8, 4) is 0 Å². The third-order valence-corrected chi connectivity index (χ3v) is 4.16. The Bertz CT molecular complexity index is 536. The Labute approximate surface area is 108 Å². The van der Waals surface area contributed by atoms with Gasteiger partial charge in [0.2, 0.25) is 0 Å². The van der Waals surface area contributed by atoms with Gasteiger partial charge in [-0.1, -0.05) is 6.42 Å². The first-order valence-corrected chi connectivity index (χ1v) is 6.79. The van der Waals surface area contributed by atoms with Crippen LogP contribution in [0.4, 0.5) is 0 Å². The first-order valence-electron chi connectivity index (χ1n) is 6.00. The lowest BCUT2D eigenvalue weighted by molar-refractivity contribution is 0.474. The normalized spacial score (nSPS) is 24.6. The van der Waals surface area contributed by atoms with Gasteiger partial charge in [0.15, 0.2) is 5.65 Å². The third-order valence-electron chi connectivity index (χ3n) is 3.69. The van der Waals surface area contributed by atoms with Gasteiger partial charge in [0.05, 0.1) is 0 Å². The van der Waals surface area contributed by atoms with E-state index < -0.39 is 0 Å². The monoisotopic (exact) mass is 294 g/mol. The van der Waals surface area contributed by atoms with Crippen LogP contribution in [0, 0.1) is 5.92 Å². The molecular weight excluding hydrogens is 280 g/mol. The molecule has 1 aliphatic rings. The molecule has 2 aromatic rings. The Kier molecular flexibility index (Phi) is 2.88. The molecule has 90 valence electrons. The summed E-state index contributed by atoms with van der Waals surface area (Å²) in [7, 11) is 0. The highest BCUT2D eigenvalue weighted by atomic mass is 79.9. The number of nitrogens with zero attached hydrogens (tertiary/aromatic N) is 3. The third kappa shape index (κ3) is 1.87. The van der Waals surface area contributed by atoms with Crippen LogP contribution in [0.3, 0.4) is 0 Å². The number of pyridine rings is 1. The fraction of sp³-hybridized carbons (Fsp3) is 0.500. The largest absolute Gasteiger partial charge is 0.330 e. The van der Waals surface area contributed by atoms with E-state index >= 15 is 0 Å². The maximum Gasteiger partial charge on any atom is 0.160 e. The van der Waals surface area contributed by atoms with Crippen molar-refractivity contribution in [1.29, 1.82) is 0 Å². The van der Waals surface area contributed by atoms with Crippen molar-refractivity contribution in [3.05, 3.63) is 28.6 Å². The van der Waals surface area contributed by atoms with E-state index in [2.05, 4.69) is 30.5 Å². The van der Waals surface area contributed by atoms with Gasteiger partial charge in [-0.2, -0.15) is 0 Å². The second kappa shape index (κ2) is 4.38. The lowest BCUT2D eigenvalue weighted by Gasteiger charge is -2.15. The van der Waals surface area contributed by atoms with Crippen molar-refractivity contribution in [1.82, 2.24) is 14.6 Å². The number of halogens is 1. The summed E-state index contributed by atoms with van der Waals surface area (Å²) < 4.78 is 3.14. The van der Waals surface area contributed by atoms with Crippen molar-refractivity contribution in [2.45, 2.75) is 25.2 Å². The molecule has 4 nitrogen and oxygen atoms in total. The smallest absolute Gasteiger partial charge is 0.160 e. The number of hydrogen-bond acceptors (Lipinski definition) is 3. The summed E-state index contributed by atoms with van der Waals surface area (Å²) in [5.74, 6) is 2.08. The molecule has 5 heteroatoms.